The number of carbonyl (C=O) groups excluding carboxylic acids is 1. The van der Waals surface area contributed by atoms with Crippen molar-refractivity contribution in [2.45, 2.75) is 69.5 Å². The number of amides is 1. The molecule has 1 amide bonds. The number of halogens is 7. The van der Waals surface area contributed by atoms with Gasteiger partial charge in [0.25, 0.3) is 5.91 Å². The summed E-state index contributed by atoms with van der Waals surface area (Å²) >= 11 is 13.4. The van der Waals surface area contributed by atoms with Crippen LogP contribution in [0.3, 0.4) is 0 Å². The van der Waals surface area contributed by atoms with Crippen LogP contribution >= 0.6 is 23.2 Å². The standard InChI is InChI=1S/C31H31Cl2F5N4O/c32-26-16-22(19-1-3-20(4-2-19)29(43)41-12-8-23(9-13-41)31(36,37)38)17-27(33)25(26)15-21-7-14-42(28(21)40-18-39)24-5-10-30(34,35)11-6-24/h1-4,16-17,21,23-24H,5-15H2. The lowest BCUT2D eigenvalue weighted by Crippen LogP contribution is -2.42. The quantitative estimate of drug-likeness (QED) is 0.244. The number of nitrogens with zero attached hydrogens (tertiary/aromatic N) is 4. The number of hydrogen-bond acceptors (Lipinski definition) is 3. The summed E-state index contributed by atoms with van der Waals surface area (Å²) in [6.07, 6.45) is -1.07. The van der Waals surface area contributed by atoms with Gasteiger partial charge >= 0.3 is 6.18 Å². The summed E-state index contributed by atoms with van der Waals surface area (Å²) < 4.78 is 66.4. The molecule has 0 radical (unpaired) electrons. The zero-order valence-electron chi connectivity index (χ0n) is 23.3. The van der Waals surface area contributed by atoms with Gasteiger partial charge in [-0.05, 0) is 79.5 Å². The Bertz CT molecular complexity index is 1380. The predicted molar refractivity (Wildman–Crippen MR) is 155 cm³/mol. The molecule has 3 aliphatic rings. The minimum atomic E-state index is -4.24. The van der Waals surface area contributed by atoms with Gasteiger partial charge in [-0.15, -0.1) is 0 Å². The van der Waals surface area contributed by atoms with Gasteiger partial charge in [-0.1, -0.05) is 35.3 Å². The van der Waals surface area contributed by atoms with Crippen molar-refractivity contribution in [1.29, 1.82) is 5.26 Å². The van der Waals surface area contributed by atoms with Crippen molar-refractivity contribution in [1.82, 2.24) is 9.80 Å². The van der Waals surface area contributed by atoms with Crippen molar-refractivity contribution in [3.05, 3.63) is 57.6 Å². The average Bonchev–Trinajstić information content (AvgIpc) is 3.36. The van der Waals surface area contributed by atoms with E-state index >= 15 is 0 Å². The molecule has 5 nitrogen and oxygen atoms in total. The molecule has 230 valence electrons. The molecular formula is C31H31Cl2F5N4O. The van der Waals surface area contributed by atoms with Crippen LogP contribution in [0.5, 0.6) is 0 Å². The number of rotatable bonds is 5. The molecule has 2 saturated heterocycles. The number of piperidine rings is 1. The third kappa shape index (κ3) is 7.09. The Morgan fingerprint density at radius 2 is 1.56 bits per heavy atom. The molecule has 1 unspecified atom stereocenters. The van der Waals surface area contributed by atoms with Crippen LogP contribution in [0.1, 0.15) is 60.9 Å². The maximum atomic E-state index is 13.7. The fourth-order valence-electron chi connectivity index (χ4n) is 6.49. The van der Waals surface area contributed by atoms with Crippen LogP contribution in [-0.4, -0.2) is 59.3 Å². The number of aliphatic imine (C=N–C) groups is 1. The normalized spacial score (nSPS) is 22.7. The summed E-state index contributed by atoms with van der Waals surface area (Å²) in [6, 6.07) is 10.3. The third-order valence-corrected chi connectivity index (χ3v) is 9.65. The molecule has 0 aromatic heterocycles. The minimum Gasteiger partial charge on any atom is -0.356 e. The summed E-state index contributed by atoms with van der Waals surface area (Å²) in [5.74, 6) is -3.85. The first-order valence-corrected chi connectivity index (χ1v) is 15.2. The molecule has 2 aromatic carbocycles. The zero-order valence-corrected chi connectivity index (χ0v) is 24.8. The van der Waals surface area contributed by atoms with Crippen molar-refractivity contribution in [3.8, 4) is 17.3 Å². The molecule has 2 aliphatic heterocycles. The summed E-state index contributed by atoms with van der Waals surface area (Å²) in [5, 5.41) is 10.2. The van der Waals surface area contributed by atoms with Gasteiger partial charge in [0, 0.05) is 60.0 Å². The fraction of sp³-hybridized carbons (Fsp3) is 0.516. The van der Waals surface area contributed by atoms with Crippen LogP contribution < -0.4 is 0 Å². The van der Waals surface area contributed by atoms with Crippen LogP contribution in [0.2, 0.25) is 10.0 Å². The highest BCUT2D eigenvalue weighted by Gasteiger charge is 2.42. The first-order valence-electron chi connectivity index (χ1n) is 14.4. The molecule has 2 aromatic rings. The van der Waals surface area contributed by atoms with Gasteiger partial charge in [-0.25, -0.2) is 8.78 Å². The Kier molecular flexibility index (Phi) is 9.24. The molecule has 1 aliphatic carbocycles. The number of hydrogen-bond donors (Lipinski definition) is 0. The molecule has 1 atom stereocenters. The van der Waals surface area contributed by atoms with E-state index in [1.807, 2.05) is 11.1 Å². The summed E-state index contributed by atoms with van der Waals surface area (Å²) in [7, 11) is 0. The lowest BCUT2D eigenvalue weighted by atomic mass is 9.91. The number of nitriles is 1. The highest BCUT2D eigenvalue weighted by molar-refractivity contribution is 6.36. The van der Waals surface area contributed by atoms with Crippen molar-refractivity contribution in [3.63, 3.8) is 0 Å². The fourth-order valence-corrected chi connectivity index (χ4v) is 7.13. The van der Waals surface area contributed by atoms with Crippen LogP contribution in [-0.2, 0) is 6.42 Å². The second-order valence-corrected chi connectivity index (χ2v) is 12.5. The monoisotopic (exact) mass is 640 g/mol. The second kappa shape index (κ2) is 12.6. The summed E-state index contributed by atoms with van der Waals surface area (Å²) in [4.78, 5) is 20.4. The van der Waals surface area contributed by atoms with Crippen molar-refractivity contribution >= 4 is 34.9 Å². The van der Waals surface area contributed by atoms with Crippen LogP contribution in [0.15, 0.2) is 41.4 Å². The first kappa shape index (κ1) is 31.5. The van der Waals surface area contributed by atoms with Gasteiger partial charge in [0.1, 0.15) is 5.84 Å². The van der Waals surface area contributed by atoms with E-state index in [2.05, 4.69) is 4.99 Å². The van der Waals surface area contributed by atoms with Crippen molar-refractivity contribution < 1.29 is 26.7 Å². The Morgan fingerprint density at radius 3 is 2.12 bits per heavy atom. The molecule has 1 saturated carbocycles. The lowest BCUT2D eigenvalue weighted by molar-refractivity contribution is -0.183. The lowest BCUT2D eigenvalue weighted by Gasteiger charge is -2.36. The smallest absolute Gasteiger partial charge is 0.356 e. The Hall–Kier alpha value is -2.90. The number of likely N-dealkylation sites (tertiary alicyclic amines) is 2. The van der Waals surface area contributed by atoms with E-state index in [9.17, 15) is 32.0 Å². The van der Waals surface area contributed by atoms with E-state index in [0.717, 1.165) is 11.1 Å². The molecule has 43 heavy (non-hydrogen) atoms. The average molecular weight is 642 g/mol. The van der Waals surface area contributed by atoms with Gasteiger partial charge in [-0.2, -0.15) is 23.4 Å². The van der Waals surface area contributed by atoms with Gasteiger partial charge in [-0.3, -0.25) is 4.79 Å². The van der Waals surface area contributed by atoms with Crippen molar-refractivity contribution in [2.24, 2.45) is 16.8 Å². The number of carbonyl (C=O) groups is 1. The highest BCUT2D eigenvalue weighted by atomic mass is 35.5. The van der Waals surface area contributed by atoms with E-state index in [0.29, 0.717) is 59.2 Å². The van der Waals surface area contributed by atoms with E-state index in [4.69, 9.17) is 23.2 Å². The number of amidine groups is 1. The van der Waals surface area contributed by atoms with Gasteiger partial charge in [0.2, 0.25) is 12.1 Å². The minimum absolute atomic E-state index is 0.0631. The molecule has 0 spiro atoms. The van der Waals surface area contributed by atoms with Crippen LogP contribution in [0.4, 0.5) is 22.0 Å². The van der Waals surface area contributed by atoms with Crippen LogP contribution in [0.25, 0.3) is 11.1 Å². The zero-order chi connectivity index (χ0) is 30.9. The largest absolute Gasteiger partial charge is 0.391 e. The molecular weight excluding hydrogens is 610 g/mol. The molecule has 12 heteroatoms. The van der Waals surface area contributed by atoms with E-state index < -0.39 is 18.0 Å². The topological polar surface area (TPSA) is 59.7 Å². The summed E-state index contributed by atoms with van der Waals surface area (Å²) in [6.45, 7) is 0.751. The predicted octanol–water partition coefficient (Wildman–Crippen LogP) is 8.40. The molecule has 0 bridgehead atoms. The molecule has 5 rings (SSSR count). The molecule has 2 heterocycles. The first-order chi connectivity index (χ1) is 20.4. The number of benzene rings is 2. The second-order valence-electron chi connectivity index (χ2n) is 11.6. The van der Waals surface area contributed by atoms with E-state index in [1.165, 1.54) is 4.90 Å². The Balaban J connectivity index is 1.25. The highest BCUT2D eigenvalue weighted by Crippen LogP contribution is 2.40. The van der Waals surface area contributed by atoms with Gasteiger partial charge in [0.15, 0.2) is 0 Å². The Labute approximate surface area is 257 Å². The Morgan fingerprint density at radius 1 is 0.953 bits per heavy atom. The number of alkyl halides is 5. The van der Waals surface area contributed by atoms with E-state index in [-0.39, 0.29) is 56.6 Å². The maximum Gasteiger partial charge on any atom is 0.391 e. The molecule has 3 fully saturated rings. The van der Waals surface area contributed by atoms with E-state index in [1.54, 1.807) is 36.4 Å². The van der Waals surface area contributed by atoms with Crippen molar-refractivity contribution in [2.75, 3.05) is 19.6 Å². The third-order valence-electron chi connectivity index (χ3n) is 8.97. The van der Waals surface area contributed by atoms with Gasteiger partial charge in [0.05, 0.1) is 5.92 Å². The maximum absolute atomic E-state index is 13.7. The van der Waals surface area contributed by atoms with Gasteiger partial charge < -0.3 is 9.80 Å². The SMILES string of the molecule is N#CN=C1C(Cc2c(Cl)cc(-c3ccc(C(=O)N4CCC(C(F)(F)F)CC4)cc3)cc2Cl)CCN1C1CCC(F)(F)CC1. The molecule has 0 N–H and O–H groups in total. The van der Waals surface area contributed by atoms with Crippen LogP contribution in [0, 0.1) is 23.3 Å². The summed E-state index contributed by atoms with van der Waals surface area (Å²) in [5.41, 5.74) is 2.58.